The molecule has 0 saturated heterocycles. The van der Waals surface area contributed by atoms with E-state index in [1.54, 1.807) is 0 Å². The molecular formula is C54H35NO. The summed E-state index contributed by atoms with van der Waals surface area (Å²) in [5.41, 5.74) is 12.2. The maximum atomic E-state index is 6.53. The standard InChI is InChI=1S/C54H35NO/c1-3-12-41-33-44(21-19-36(41)9-1)38-23-28-46(29-24-38)55(48-15-7-14-43(35-48)45-22-20-37-10-2-4-13-42(37)34-45)47-30-25-40(26-31-47)49-17-8-18-52-53(49)51-32-27-39-11-5-6-16-50(39)54(51)56-52/h1-35H. The molecule has 0 unspecified atom stereocenters. The molecule has 0 bridgehead atoms. The van der Waals surface area contributed by atoms with Gasteiger partial charge in [-0.15, -0.1) is 0 Å². The zero-order valence-corrected chi connectivity index (χ0v) is 30.6. The van der Waals surface area contributed by atoms with Gasteiger partial charge in [0.15, 0.2) is 0 Å². The lowest BCUT2D eigenvalue weighted by Crippen LogP contribution is -2.10. The number of anilines is 3. The molecule has 10 aromatic carbocycles. The first-order valence-corrected chi connectivity index (χ1v) is 19.2. The van der Waals surface area contributed by atoms with Gasteiger partial charge in [-0.2, -0.15) is 0 Å². The normalized spacial score (nSPS) is 11.6. The van der Waals surface area contributed by atoms with Gasteiger partial charge in [-0.05, 0) is 121 Å². The summed E-state index contributed by atoms with van der Waals surface area (Å²) in [6.07, 6.45) is 0. The third-order valence-corrected chi connectivity index (χ3v) is 11.2. The molecule has 11 aromatic rings. The van der Waals surface area contributed by atoms with E-state index < -0.39 is 0 Å². The van der Waals surface area contributed by atoms with Crippen LogP contribution in [0.4, 0.5) is 17.1 Å². The lowest BCUT2D eigenvalue weighted by molar-refractivity contribution is 0.673. The Kier molecular flexibility index (Phi) is 7.53. The Balaban J connectivity index is 1.02. The quantitative estimate of drug-likeness (QED) is 0.171. The molecule has 0 aliphatic heterocycles. The number of rotatable bonds is 6. The highest BCUT2D eigenvalue weighted by molar-refractivity contribution is 6.19. The molecule has 1 aromatic heterocycles. The van der Waals surface area contributed by atoms with Crippen LogP contribution in [0.25, 0.3) is 87.6 Å². The first kappa shape index (κ1) is 32.0. The van der Waals surface area contributed by atoms with Gasteiger partial charge in [-0.1, -0.05) is 152 Å². The van der Waals surface area contributed by atoms with E-state index in [4.69, 9.17) is 4.42 Å². The number of nitrogens with zero attached hydrogens (tertiary/aromatic N) is 1. The van der Waals surface area contributed by atoms with Crippen molar-refractivity contribution in [2.24, 2.45) is 0 Å². The van der Waals surface area contributed by atoms with Gasteiger partial charge in [-0.3, -0.25) is 0 Å². The Morgan fingerprint density at radius 2 is 0.839 bits per heavy atom. The van der Waals surface area contributed by atoms with Gasteiger partial charge in [0.2, 0.25) is 0 Å². The van der Waals surface area contributed by atoms with Crippen molar-refractivity contribution in [1.29, 1.82) is 0 Å². The van der Waals surface area contributed by atoms with E-state index in [9.17, 15) is 0 Å². The molecule has 0 N–H and O–H groups in total. The molecule has 0 radical (unpaired) electrons. The van der Waals surface area contributed by atoms with Crippen molar-refractivity contribution in [3.8, 4) is 33.4 Å². The Morgan fingerprint density at radius 1 is 0.304 bits per heavy atom. The third-order valence-electron chi connectivity index (χ3n) is 11.2. The maximum absolute atomic E-state index is 6.53. The topological polar surface area (TPSA) is 16.4 Å². The highest BCUT2D eigenvalue weighted by Crippen LogP contribution is 2.42. The van der Waals surface area contributed by atoms with E-state index in [0.29, 0.717) is 0 Å². The van der Waals surface area contributed by atoms with Crippen LogP contribution >= 0.6 is 0 Å². The zero-order chi connectivity index (χ0) is 37.0. The molecule has 0 amide bonds. The van der Waals surface area contributed by atoms with Crippen molar-refractivity contribution >= 4 is 71.3 Å². The average molecular weight is 714 g/mol. The maximum Gasteiger partial charge on any atom is 0.143 e. The lowest BCUT2D eigenvalue weighted by Gasteiger charge is -2.26. The summed E-state index contributed by atoms with van der Waals surface area (Å²) < 4.78 is 6.53. The first-order chi connectivity index (χ1) is 27.7. The van der Waals surface area contributed by atoms with Crippen molar-refractivity contribution in [2.45, 2.75) is 0 Å². The van der Waals surface area contributed by atoms with Crippen LogP contribution in [0, 0.1) is 0 Å². The van der Waals surface area contributed by atoms with Crippen molar-refractivity contribution in [2.75, 3.05) is 4.90 Å². The van der Waals surface area contributed by atoms with E-state index in [-0.39, 0.29) is 0 Å². The molecule has 0 saturated carbocycles. The molecule has 0 spiro atoms. The molecule has 11 rings (SSSR count). The van der Waals surface area contributed by atoms with Gasteiger partial charge in [0, 0.05) is 33.2 Å². The van der Waals surface area contributed by atoms with Crippen molar-refractivity contribution in [3.63, 3.8) is 0 Å². The number of furan rings is 1. The SMILES string of the molecule is c1cc(-c2ccc3ccccc3c2)cc(N(c2ccc(-c3ccc4ccccc4c3)cc2)c2ccc(-c3cccc4oc5c6ccccc6ccc5c34)cc2)c1. The summed E-state index contributed by atoms with van der Waals surface area (Å²) in [5.74, 6) is 0. The molecular weight excluding hydrogens is 679 g/mol. The van der Waals surface area contributed by atoms with E-state index in [1.165, 1.54) is 49.2 Å². The van der Waals surface area contributed by atoms with Crippen LogP contribution in [0.15, 0.2) is 217 Å². The number of fused-ring (bicyclic) bond motifs is 7. The van der Waals surface area contributed by atoms with E-state index in [1.807, 2.05) is 0 Å². The largest absolute Gasteiger partial charge is 0.455 e. The lowest BCUT2D eigenvalue weighted by atomic mass is 9.97. The number of hydrogen-bond donors (Lipinski definition) is 0. The molecule has 0 atom stereocenters. The van der Waals surface area contributed by atoms with Gasteiger partial charge in [0.05, 0.1) is 0 Å². The predicted octanol–water partition coefficient (Wildman–Crippen LogP) is 15.5. The zero-order valence-electron chi connectivity index (χ0n) is 30.6. The molecule has 56 heavy (non-hydrogen) atoms. The van der Waals surface area contributed by atoms with Gasteiger partial charge in [-0.25, -0.2) is 0 Å². The van der Waals surface area contributed by atoms with Crippen molar-refractivity contribution in [1.82, 2.24) is 0 Å². The van der Waals surface area contributed by atoms with Crippen LogP contribution in [-0.2, 0) is 0 Å². The van der Waals surface area contributed by atoms with Crippen LogP contribution in [0.5, 0.6) is 0 Å². The van der Waals surface area contributed by atoms with Gasteiger partial charge < -0.3 is 9.32 Å². The molecule has 2 heteroatoms. The molecule has 0 fully saturated rings. The summed E-state index contributed by atoms with van der Waals surface area (Å²) in [5, 5.41) is 9.57. The van der Waals surface area contributed by atoms with Crippen molar-refractivity contribution < 1.29 is 4.42 Å². The second-order valence-electron chi connectivity index (χ2n) is 14.5. The van der Waals surface area contributed by atoms with Crippen LogP contribution in [-0.4, -0.2) is 0 Å². The molecule has 0 aliphatic carbocycles. The smallest absolute Gasteiger partial charge is 0.143 e. The predicted molar refractivity (Wildman–Crippen MR) is 237 cm³/mol. The highest BCUT2D eigenvalue weighted by Gasteiger charge is 2.17. The Hall–Kier alpha value is -7.42. The fourth-order valence-electron chi connectivity index (χ4n) is 8.40. The van der Waals surface area contributed by atoms with Gasteiger partial charge in [0.25, 0.3) is 0 Å². The molecule has 1 heterocycles. The van der Waals surface area contributed by atoms with Crippen molar-refractivity contribution in [3.05, 3.63) is 212 Å². The minimum absolute atomic E-state index is 0.900. The van der Waals surface area contributed by atoms with Crippen LogP contribution in [0.2, 0.25) is 0 Å². The van der Waals surface area contributed by atoms with E-state index >= 15 is 0 Å². The van der Waals surface area contributed by atoms with Gasteiger partial charge >= 0.3 is 0 Å². The summed E-state index contributed by atoms with van der Waals surface area (Å²) in [6, 6.07) is 76.5. The Morgan fingerprint density at radius 3 is 1.54 bits per heavy atom. The first-order valence-electron chi connectivity index (χ1n) is 19.2. The fourth-order valence-corrected chi connectivity index (χ4v) is 8.40. The second-order valence-corrected chi connectivity index (χ2v) is 14.5. The van der Waals surface area contributed by atoms with E-state index in [0.717, 1.165) is 55.5 Å². The fraction of sp³-hybridized carbons (Fsp3) is 0. The molecule has 2 nitrogen and oxygen atoms in total. The Bertz CT molecular complexity index is 3250. The summed E-state index contributed by atoms with van der Waals surface area (Å²) >= 11 is 0. The minimum Gasteiger partial charge on any atom is -0.455 e. The average Bonchev–Trinajstić information content (AvgIpc) is 3.67. The third kappa shape index (κ3) is 5.51. The van der Waals surface area contributed by atoms with E-state index in [2.05, 4.69) is 217 Å². The number of hydrogen-bond acceptors (Lipinski definition) is 2. The summed E-state index contributed by atoms with van der Waals surface area (Å²) in [7, 11) is 0. The Labute approximate surface area is 325 Å². The highest BCUT2D eigenvalue weighted by atomic mass is 16.3. The monoisotopic (exact) mass is 713 g/mol. The summed E-state index contributed by atoms with van der Waals surface area (Å²) in [4.78, 5) is 2.36. The van der Waals surface area contributed by atoms with Gasteiger partial charge in [0.1, 0.15) is 11.2 Å². The molecule has 262 valence electrons. The number of benzene rings is 10. The second kappa shape index (κ2) is 13.2. The minimum atomic E-state index is 0.900. The van der Waals surface area contributed by atoms with Crippen LogP contribution < -0.4 is 4.90 Å². The summed E-state index contributed by atoms with van der Waals surface area (Å²) in [6.45, 7) is 0. The molecule has 0 aliphatic rings. The van der Waals surface area contributed by atoms with Crippen LogP contribution in [0.1, 0.15) is 0 Å². The van der Waals surface area contributed by atoms with Crippen LogP contribution in [0.3, 0.4) is 0 Å².